The van der Waals surface area contributed by atoms with E-state index in [1.807, 2.05) is 66.0 Å². The van der Waals surface area contributed by atoms with Crippen molar-refractivity contribution in [2.45, 2.75) is 19.6 Å². The van der Waals surface area contributed by atoms with Crippen molar-refractivity contribution in [2.75, 3.05) is 7.11 Å². The number of urea groups is 1. The fourth-order valence-corrected chi connectivity index (χ4v) is 4.07. The summed E-state index contributed by atoms with van der Waals surface area (Å²) in [5.74, 6) is 0.676. The molecule has 2 N–H and O–H groups in total. The maximum absolute atomic E-state index is 13.0. The second-order valence-electron chi connectivity index (χ2n) is 7.16. The topological polar surface area (TPSA) is 74.4 Å². The van der Waals surface area contributed by atoms with E-state index in [-0.39, 0.29) is 18.1 Å². The number of nitrogens with zero attached hydrogens (tertiary/aromatic N) is 1. The van der Waals surface area contributed by atoms with Crippen LogP contribution in [0.25, 0.3) is 10.9 Å². The molecule has 2 amide bonds. The molecular weight excluding hydrogens is 410 g/mol. The number of ether oxygens (including phenoxy) is 1. The van der Waals surface area contributed by atoms with Gasteiger partial charge in [-0.3, -0.25) is 4.79 Å². The lowest BCUT2D eigenvalue weighted by atomic mass is 10.1. The molecule has 0 radical (unpaired) electrons. The molecule has 0 bridgehead atoms. The summed E-state index contributed by atoms with van der Waals surface area (Å²) in [6, 6.07) is 20.8. The van der Waals surface area contributed by atoms with Crippen LogP contribution in [0, 0.1) is 0 Å². The fourth-order valence-electron chi connectivity index (χ4n) is 3.35. The standard InChI is InChI=1S/C24H23N3O3S/c1-30-20-10-9-18-12-19(23(28)26-22(18)13-20)15-27(16-21-8-5-11-31-21)24(29)25-14-17-6-3-2-4-7-17/h2-13H,14-16H2,1H3,(H,25,29)(H,26,28). The van der Waals surface area contributed by atoms with Gasteiger partial charge >= 0.3 is 6.03 Å². The first-order chi connectivity index (χ1) is 15.1. The van der Waals surface area contributed by atoms with E-state index in [4.69, 9.17) is 4.74 Å². The highest BCUT2D eigenvalue weighted by Crippen LogP contribution is 2.20. The third-order valence-electron chi connectivity index (χ3n) is 4.99. The number of H-pyrrole nitrogens is 1. The van der Waals surface area contributed by atoms with Gasteiger partial charge in [0.05, 0.1) is 25.7 Å². The van der Waals surface area contributed by atoms with Gasteiger partial charge in [-0.2, -0.15) is 0 Å². The van der Waals surface area contributed by atoms with Crippen LogP contribution in [0.3, 0.4) is 0 Å². The Hall–Kier alpha value is -3.58. The molecule has 2 aromatic heterocycles. The van der Waals surface area contributed by atoms with E-state index in [1.54, 1.807) is 29.4 Å². The number of benzene rings is 2. The quantitative estimate of drug-likeness (QED) is 0.450. The second-order valence-corrected chi connectivity index (χ2v) is 8.19. The van der Waals surface area contributed by atoms with Gasteiger partial charge in [0, 0.05) is 23.1 Å². The van der Waals surface area contributed by atoms with Gasteiger partial charge in [-0.05, 0) is 40.6 Å². The molecule has 0 atom stereocenters. The Morgan fingerprint density at radius 2 is 1.90 bits per heavy atom. The SMILES string of the molecule is COc1ccc2cc(CN(Cc3cccs3)C(=O)NCc3ccccc3)c(=O)[nH]c2c1. The van der Waals surface area contributed by atoms with Gasteiger partial charge in [-0.1, -0.05) is 36.4 Å². The summed E-state index contributed by atoms with van der Waals surface area (Å²) < 4.78 is 5.23. The number of fused-ring (bicyclic) bond motifs is 1. The number of carbonyl (C=O) groups excluding carboxylic acids is 1. The van der Waals surface area contributed by atoms with E-state index in [0.29, 0.717) is 29.9 Å². The predicted octanol–water partition coefficient (Wildman–Crippen LogP) is 4.51. The first kappa shape index (κ1) is 20.7. The molecule has 4 rings (SSSR count). The van der Waals surface area contributed by atoms with Crippen LogP contribution in [-0.4, -0.2) is 23.0 Å². The normalized spacial score (nSPS) is 10.7. The minimum Gasteiger partial charge on any atom is -0.497 e. The average Bonchev–Trinajstić information content (AvgIpc) is 3.31. The lowest BCUT2D eigenvalue weighted by Crippen LogP contribution is -2.39. The maximum Gasteiger partial charge on any atom is 0.318 e. The molecule has 0 saturated carbocycles. The third-order valence-corrected chi connectivity index (χ3v) is 5.85. The number of pyridine rings is 1. The van der Waals surface area contributed by atoms with E-state index < -0.39 is 0 Å². The highest BCUT2D eigenvalue weighted by molar-refractivity contribution is 7.09. The highest BCUT2D eigenvalue weighted by atomic mass is 32.1. The van der Waals surface area contributed by atoms with Gasteiger partial charge in [0.1, 0.15) is 5.75 Å². The number of hydrogen-bond donors (Lipinski definition) is 2. The van der Waals surface area contributed by atoms with Crippen LogP contribution in [-0.2, 0) is 19.6 Å². The minimum atomic E-state index is -0.216. The highest BCUT2D eigenvalue weighted by Gasteiger charge is 2.17. The molecule has 2 heterocycles. The lowest BCUT2D eigenvalue weighted by molar-refractivity contribution is 0.192. The van der Waals surface area contributed by atoms with Crippen molar-refractivity contribution in [1.29, 1.82) is 0 Å². The van der Waals surface area contributed by atoms with Gasteiger partial charge < -0.3 is 19.9 Å². The second kappa shape index (κ2) is 9.49. The number of aromatic nitrogens is 1. The van der Waals surface area contributed by atoms with Crippen molar-refractivity contribution in [1.82, 2.24) is 15.2 Å². The monoisotopic (exact) mass is 433 g/mol. The first-order valence-corrected chi connectivity index (χ1v) is 10.8. The Labute approximate surface area is 184 Å². The van der Waals surface area contributed by atoms with Crippen molar-refractivity contribution in [3.63, 3.8) is 0 Å². The van der Waals surface area contributed by atoms with E-state index in [1.165, 1.54) is 0 Å². The van der Waals surface area contributed by atoms with Crippen LogP contribution in [0.2, 0.25) is 0 Å². The molecule has 31 heavy (non-hydrogen) atoms. The van der Waals surface area contributed by atoms with Crippen LogP contribution in [0.5, 0.6) is 5.75 Å². The Morgan fingerprint density at radius 1 is 1.06 bits per heavy atom. The molecule has 0 spiro atoms. The molecule has 0 fully saturated rings. The zero-order chi connectivity index (χ0) is 21.6. The van der Waals surface area contributed by atoms with Gasteiger partial charge in [-0.25, -0.2) is 4.79 Å². The average molecular weight is 434 g/mol. The zero-order valence-electron chi connectivity index (χ0n) is 17.1. The molecule has 0 unspecified atom stereocenters. The number of rotatable bonds is 7. The van der Waals surface area contributed by atoms with Crippen LogP contribution in [0.1, 0.15) is 16.0 Å². The molecule has 0 saturated heterocycles. The molecule has 0 aliphatic carbocycles. The number of amides is 2. The van der Waals surface area contributed by atoms with Gasteiger partial charge in [0.2, 0.25) is 0 Å². The van der Waals surface area contributed by atoms with Crippen molar-refractivity contribution in [3.8, 4) is 5.75 Å². The number of hydrogen-bond acceptors (Lipinski definition) is 4. The number of carbonyl (C=O) groups is 1. The van der Waals surface area contributed by atoms with Crippen LogP contribution >= 0.6 is 11.3 Å². The van der Waals surface area contributed by atoms with E-state index in [9.17, 15) is 9.59 Å². The molecule has 0 aliphatic heterocycles. The van der Waals surface area contributed by atoms with Crippen LogP contribution in [0.4, 0.5) is 4.79 Å². The number of nitrogens with one attached hydrogen (secondary N) is 2. The van der Waals surface area contributed by atoms with E-state index >= 15 is 0 Å². The Bertz CT molecular complexity index is 1220. The molecule has 6 nitrogen and oxygen atoms in total. The van der Waals surface area contributed by atoms with E-state index in [0.717, 1.165) is 15.8 Å². The summed E-state index contributed by atoms with van der Waals surface area (Å²) >= 11 is 1.58. The molecule has 158 valence electrons. The summed E-state index contributed by atoms with van der Waals surface area (Å²) in [6.45, 7) is 1.06. The van der Waals surface area contributed by atoms with Crippen LogP contribution in [0.15, 0.2) is 76.9 Å². The van der Waals surface area contributed by atoms with Gasteiger partial charge in [0.25, 0.3) is 5.56 Å². The summed E-state index contributed by atoms with van der Waals surface area (Å²) in [5, 5.41) is 5.83. The number of thiophene rings is 1. The molecule has 0 aliphatic rings. The predicted molar refractivity (Wildman–Crippen MR) is 123 cm³/mol. The first-order valence-electron chi connectivity index (χ1n) is 9.91. The largest absolute Gasteiger partial charge is 0.497 e. The summed E-state index contributed by atoms with van der Waals surface area (Å²) in [7, 11) is 1.59. The van der Waals surface area contributed by atoms with Gasteiger partial charge in [-0.15, -0.1) is 11.3 Å². The smallest absolute Gasteiger partial charge is 0.318 e. The summed E-state index contributed by atoms with van der Waals surface area (Å²) in [5.41, 5.74) is 2.03. The number of methoxy groups -OCH3 is 1. The Balaban J connectivity index is 1.57. The summed E-state index contributed by atoms with van der Waals surface area (Å²) in [6.07, 6.45) is 0. The number of aromatic amines is 1. The van der Waals surface area contributed by atoms with Crippen molar-refractivity contribution >= 4 is 28.3 Å². The third kappa shape index (κ3) is 5.13. The van der Waals surface area contributed by atoms with Crippen LogP contribution < -0.4 is 15.6 Å². The Morgan fingerprint density at radius 3 is 2.65 bits per heavy atom. The minimum absolute atomic E-state index is 0.204. The summed E-state index contributed by atoms with van der Waals surface area (Å²) in [4.78, 5) is 31.3. The van der Waals surface area contributed by atoms with Crippen molar-refractivity contribution in [3.05, 3.63) is 98.5 Å². The van der Waals surface area contributed by atoms with Crippen molar-refractivity contribution < 1.29 is 9.53 Å². The molecule has 2 aromatic carbocycles. The zero-order valence-corrected chi connectivity index (χ0v) is 17.9. The molecule has 4 aromatic rings. The van der Waals surface area contributed by atoms with Crippen molar-refractivity contribution in [2.24, 2.45) is 0 Å². The Kier molecular flexibility index (Phi) is 6.33. The molecular formula is C24H23N3O3S. The fraction of sp³-hybridized carbons (Fsp3) is 0.167. The van der Waals surface area contributed by atoms with Gasteiger partial charge in [0.15, 0.2) is 0 Å². The lowest BCUT2D eigenvalue weighted by Gasteiger charge is -2.22. The van der Waals surface area contributed by atoms with E-state index in [2.05, 4.69) is 10.3 Å². The maximum atomic E-state index is 13.0. The molecule has 7 heteroatoms.